The van der Waals surface area contributed by atoms with Crippen molar-refractivity contribution >= 4 is 23.2 Å². The number of rotatable bonds is 6. The van der Waals surface area contributed by atoms with Crippen molar-refractivity contribution < 1.29 is 27.5 Å². The second kappa shape index (κ2) is 10.2. The van der Waals surface area contributed by atoms with Crippen LogP contribution in [0.3, 0.4) is 0 Å². The van der Waals surface area contributed by atoms with E-state index in [1.165, 1.54) is 36.4 Å². The molecule has 0 radical (unpaired) electrons. The average molecular weight is 485 g/mol. The molecule has 5 nitrogen and oxygen atoms in total. The number of carbonyl (C=O) groups excluding carboxylic acids is 2. The summed E-state index contributed by atoms with van der Waals surface area (Å²) >= 11 is 0. The van der Waals surface area contributed by atoms with Gasteiger partial charge in [-0.2, -0.15) is 13.2 Å². The lowest BCUT2D eigenvalue weighted by atomic mass is 9.87. The van der Waals surface area contributed by atoms with E-state index in [0.29, 0.717) is 11.4 Å². The second-order valence-corrected chi connectivity index (χ2v) is 9.13. The molecule has 0 saturated heterocycles. The van der Waals surface area contributed by atoms with Crippen LogP contribution in [0.15, 0.2) is 72.8 Å². The van der Waals surface area contributed by atoms with E-state index in [1.54, 1.807) is 6.92 Å². The summed E-state index contributed by atoms with van der Waals surface area (Å²) in [4.78, 5) is 24.9. The van der Waals surface area contributed by atoms with Crippen LogP contribution in [0.1, 0.15) is 49.2 Å². The maximum atomic E-state index is 12.9. The summed E-state index contributed by atoms with van der Waals surface area (Å²) in [7, 11) is 0. The number of amides is 2. The van der Waals surface area contributed by atoms with E-state index in [2.05, 4.69) is 31.4 Å². The molecule has 0 bridgehead atoms. The van der Waals surface area contributed by atoms with Gasteiger partial charge >= 0.3 is 6.18 Å². The highest BCUT2D eigenvalue weighted by molar-refractivity contribution is 6.04. The van der Waals surface area contributed by atoms with Crippen molar-refractivity contribution in [3.63, 3.8) is 0 Å². The summed E-state index contributed by atoms with van der Waals surface area (Å²) in [5.74, 6) is -0.370. The van der Waals surface area contributed by atoms with Gasteiger partial charge in [0.25, 0.3) is 11.8 Å². The number of hydrogen-bond donors (Lipinski definition) is 2. The normalized spacial score (nSPS) is 12.5. The molecule has 0 spiro atoms. The number of alkyl halides is 3. The fourth-order valence-electron chi connectivity index (χ4n) is 3.22. The minimum Gasteiger partial charge on any atom is -0.481 e. The highest BCUT2D eigenvalue weighted by Gasteiger charge is 2.30. The molecular weight excluding hydrogens is 457 g/mol. The molecule has 0 aliphatic carbocycles. The van der Waals surface area contributed by atoms with Crippen LogP contribution in [-0.2, 0) is 16.4 Å². The van der Waals surface area contributed by atoms with Gasteiger partial charge in [-0.1, -0.05) is 39.0 Å². The fourth-order valence-corrected chi connectivity index (χ4v) is 3.22. The topological polar surface area (TPSA) is 67.4 Å². The van der Waals surface area contributed by atoms with E-state index >= 15 is 0 Å². The quantitative estimate of drug-likeness (QED) is 0.411. The molecule has 184 valence electrons. The largest absolute Gasteiger partial charge is 0.481 e. The zero-order valence-electron chi connectivity index (χ0n) is 19.9. The van der Waals surface area contributed by atoms with Gasteiger partial charge in [-0.15, -0.1) is 0 Å². The third-order valence-electron chi connectivity index (χ3n) is 5.26. The van der Waals surface area contributed by atoms with E-state index in [0.717, 1.165) is 17.7 Å². The lowest BCUT2D eigenvalue weighted by molar-refractivity contribution is -0.137. The zero-order chi connectivity index (χ0) is 25.8. The van der Waals surface area contributed by atoms with E-state index in [-0.39, 0.29) is 22.6 Å². The highest BCUT2D eigenvalue weighted by atomic mass is 19.4. The molecule has 3 aromatic carbocycles. The van der Waals surface area contributed by atoms with Gasteiger partial charge < -0.3 is 15.4 Å². The Morgan fingerprint density at radius 2 is 1.43 bits per heavy atom. The van der Waals surface area contributed by atoms with Crippen LogP contribution in [0.2, 0.25) is 0 Å². The van der Waals surface area contributed by atoms with Crippen LogP contribution in [0.5, 0.6) is 5.75 Å². The lowest BCUT2D eigenvalue weighted by Gasteiger charge is -2.20. The predicted molar refractivity (Wildman–Crippen MR) is 130 cm³/mol. The van der Waals surface area contributed by atoms with Gasteiger partial charge in [0.1, 0.15) is 5.75 Å². The first-order chi connectivity index (χ1) is 16.3. The van der Waals surface area contributed by atoms with Crippen LogP contribution >= 0.6 is 0 Å². The Hall–Kier alpha value is -3.81. The monoisotopic (exact) mass is 484 g/mol. The zero-order valence-corrected chi connectivity index (χ0v) is 19.9. The van der Waals surface area contributed by atoms with Gasteiger partial charge in [0.05, 0.1) is 5.56 Å². The van der Waals surface area contributed by atoms with Crippen LogP contribution in [0.25, 0.3) is 0 Å². The van der Waals surface area contributed by atoms with Gasteiger partial charge in [0.15, 0.2) is 6.10 Å². The molecule has 35 heavy (non-hydrogen) atoms. The third kappa shape index (κ3) is 7.09. The Kier molecular flexibility index (Phi) is 7.53. The minimum atomic E-state index is -4.50. The molecule has 2 N–H and O–H groups in total. The number of carbonyl (C=O) groups is 2. The number of halogens is 3. The first-order valence-corrected chi connectivity index (χ1v) is 11.0. The van der Waals surface area contributed by atoms with Crippen molar-refractivity contribution in [3.05, 3.63) is 89.5 Å². The number of anilines is 2. The molecule has 0 heterocycles. The Bertz CT molecular complexity index is 1180. The molecule has 1 unspecified atom stereocenters. The third-order valence-corrected chi connectivity index (χ3v) is 5.26. The van der Waals surface area contributed by atoms with Crippen molar-refractivity contribution in [1.82, 2.24) is 0 Å². The molecule has 8 heteroatoms. The summed E-state index contributed by atoms with van der Waals surface area (Å²) < 4.78 is 44.3. The van der Waals surface area contributed by atoms with E-state index in [4.69, 9.17) is 4.74 Å². The van der Waals surface area contributed by atoms with Crippen molar-refractivity contribution in [2.45, 2.75) is 45.4 Å². The SMILES string of the molecule is CC(Oc1ccc(C(C)(C)C)cc1)C(=O)Nc1ccc(C(=O)Nc2cccc(C(F)(F)F)c2)cc1. The molecule has 0 fully saturated rings. The van der Waals surface area contributed by atoms with E-state index < -0.39 is 23.8 Å². The Balaban J connectivity index is 1.57. The summed E-state index contributed by atoms with van der Waals surface area (Å²) in [6.45, 7) is 7.96. The number of nitrogens with one attached hydrogen (secondary N) is 2. The summed E-state index contributed by atoms with van der Waals surface area (Å²) in [6.07, 6.45) is -5.27. The van der Waals surface area contributed by atoms with Gasteiger partial charge in [-0.3, -0.25) is 9.59 Å². The van der Waals surface area contributed by atoms with Crippen molar-refractivity contribution in [2.75, 3.05) is 10.6 Å². The Labute approximate surface area is 202 Å². The predicted octanol–water partition coefficient (Wildman–Crippen LogP) is 6.66. The second-order valence-electron chi connectivity index (χ2n) is 9.13. The minimum absolute atomic E-state index is 0.0116. The van der Waals surface area contributed by atoms with E-state index in [9.17, 15) is 22.8 Å². The number of ether oxygens (including phenoxy) is 1. The van der Waals surface area contributed by atoms with Gasteiger partial charge in [-0.25, -0.2) is 0 Å². The van der Waals surface area contributed by atoms with Crippen LogP contribution in [-0.4, -0.2) is 17.9 Å². The van der Waals surface area contributed by atoms with Crippen LogP contribution in [0, 0.1) is 0 Å². The Morgan fingerprint density at radius 1 is 0.800 bits per heavy atom. The molecule has 2 amide bonds. The van der Waals surface area contributed by atoms with Crippen LogP contribution in [0.4, 0.5) is 24.5 Å². The smallest absolute Gasteiger partial charge is 0.416 e. The number of benzene rings is 3. The molecule has 3 aromatic rings. The average Bonchev–Trinajstić information content (AvgIpc) is 2.79. The molecule has 0 aliphatic rings. The van der Waals surface area contributed by atoms with Gasteiger partial charge in [0, 0.05) is 16.9 Å². The molecular formula is C27H27F3N2O3. The van der Waals surface area contributed by atoms with Gasteiger partial charge in [-0.05, 0) is 72.5 Å². The summed E-state index contributed by atoms with van der Waals surface area (Å²) in [6, 6.07) is 18.0. The molecule has 0 aromatic heterocycles. The number of hydrogen-bond acceptors (Lipinski definition) is 3. The maximum Gasteiger partial charge on any atom is 0.416 e. The van der Waals surface area contributed by atoms with Crippen molar-refractivity contribution in [2.24, 2.45) is 0 Å². The molecule has 0 aliphatic heterocycles. The maximum absolute atomic E-state index is 12.9. The highest BCUT2D eigenvalue weighted by Crippen LogP contribution is 2.31. The standard InChI is InChI=1S/C27H27F3N2O3/c1-17(35-23-14-10-19(11-15-23)26(2,3)4)24(33)31-21-12-8-18(9-13-21)25(34)32-22-7-5-6-20(16-22)27(28,29)30/h5-17H,1-4H3,(H,31,33)(H,32,34). The van der Waals surface area contributed by atoms with Crippen molar-refractivity contribution in [1.29, 1.82) is 0 Å². The lowest BCUT2D eigenvalue weighted by Crippen LogP contribution is -2.30. The summed E-state index contributed by atoms with van der Waals surface area (Å²) in [5.41, 5.74) is 1.02. The van der Waals surface area contributed by atoms with Crippen LogP contribution < -0.4 is 15.4 Å². The molecule has 1 atom stereocenters. The van der Waals surface area contributed by atoms with E-state index in [1.807, 2.05) is 24.3 Å². The first-order valence-electron chi connectivity index (χ1n) is 11.0. The molecule has 0 saturated carbocycles. The fraction of sp³-hybridized carbons (Fsp3) is 0.259. The Morgan fingerprint density at radius 3 is 2.00 bits per heavy atom. The van der Waals surface area contributed by atoms with Gasteiger partial charge in [0.2, 0.25) is 0 Å². The van der Waals surface area contributed by atoms with Crippen molar-refractivity contribution in [3.8, 4) is 5.75 Å². The molecule has 3 rings (SSSR count). The summed E-state index contributed by atoms with van der Waals surface area (Å²) in [5, 5.41) is 5.16. The first kappa shape index (κ1) is 25.8.